The second-order valence-electron chi connectivity index (χ2n) is 5.47. The van der Waals surface area contributed by atoms with Crippen molar-refractivity contribution in [2.45, 2.75) is 85.1 Å². The molecular weight excluding hydrogens is 194 g/mol. The summed E-state index contributed by atoms with van der Waals surface area (Å²) in [5.41, 5.74) is 0. The molecule has 0 rings (SSSR count). The van der Waals surface area contributed by atoms with Gasteiger partial charge in [-0.25, -0.2) is 0 Å². The van der Waals surface area contributed by atoms with E-state index in [4.69, 9.17) is 0 Å². The van der Waals surface area contributed by atoms with Crippen molar-refractivity contribution in [2.24, 2.45) is 5.92 Å². The highest BCUT2D eigenvalue weighted by Crippen LogP contribution is 2.13. The Hall–Kier alpha value is -0.0400. The van der Waals surface area contributed by atoms with Gasteiger partial charge >= 0.3 is 0 Å². The molecule has 1 N–H and O–H groups in total. The van der Waals surface area contributed by atoms with Crippen LogP contribution in [0.15, 0.2) is 0 Å². The zero-order valence-corrected chi connectivity index (χ0v) is 12.0. The predicted octanol–water partition coefficient (Wildman–Crippen LogP) is 4.76. The number of unbranched alkanes of at least 4 members (excludes halogenated alkanes) is 2. The Morgan fingerprint density at radius 3 is 2.06 bits per heavy atom. The average Bonchev–Trinajstić information content (AvgIpc) is 2.25. The van der Waals surface area contributed by atoms with Crippen LogP contribution in [0.25, 0.3) is 0 Å². The molecule has 98 valence electrons. The zero-order valence-electron chi connectivity index (χ0n) is 12.0. The van der Waals surface area contributed by atoms with Crippen LogP contribution in [-0.4, -0.2) is 12.6 Å². The van der Waals surface area contributed by atoms with Gasteiger partial charge in [-0.05, 0) is 31.7 Å². The molecule has 0 saturated carbocycles. The summed E-state index contributed by atoms with van der Waals surface area (Å²) in [6, 6.07) is 0.783. The number of hydrogen-bond donors (Lipinski definition) is 1. The summed E-state index contributed by atoms with van der Waals surface area (Å²) < 4.78 is 0. The van der Waals surface area contributed by atoms with E-state index in [1.807, 2.05) is 0 Å². The molecule has 0 heterocycles. The maximum atomic E-state index is 3.70. The first-order chi connectivity index (χ1) is 7.70. The third kappa shape index (κ3) is 10.5. The van der Waals surface area contributed by atoms with Crippen LogP contribution in [0.5, 0.6) is 0 Å². The molecule has 1 heteroatoms. The summed E-state index contributed by atoms with van der Waals surface area (Å²) in [5, 5.41) is 3.70. The molecule has 0 aromatic carbocycles. The topological polar surface area (TPSA) is 12.0 Å². The normalized spacial score (nSPS) is 13.3. The van der Waals surface area contributed by atoms with E-state index in [1.165, 1.54) is 57.9 Å². The van der Waals surface area contributed by atoms with Crippen molar-refractivity contribution < 1.29 is 0 Å². The van der Waals surface area contributed by atoms with Crippen LogP contribution in [-0.2, 0) is 0 Å². The lowest BCUT2D eigenvalue weighted by molar-refractivity contribution is 0.405. The average molecular weight is 227 g/mol. The van der Waals surface area contributed by atoms with Gasteiger partial charge in [0.25, 0.3) is 0 Å². The molecule has 0 amide bonds. The molecule has 0 aromatic heterocycles. The smallest absolute Gasteiger partial charge is 0.00670 e. The molecule has 1 nitrogen and oxygen atoms in total. The molecule has 1 unspecified atom stereocenters. The number of rotatable bonds is 11. The molecule has 0 aromatic rings. The SMILES string of the molecule is CCCCCC(CCCC(C)C)NCCC. The summed E-state index contributed by atoms with van der Waals surface area (Å²) in [6.45, 7) is 10.4. The summed E-state index contributed by atoms with van der Waals surface area (Å²) in [7, 11) is 0. The highest BCUT2D eigenvalue weighted by atomic mass is 14.9. The van der Waals surface area contributed by atoms with Gasteiger partial charge in [-0.2, -0.15) is 0 Å². The number of hydrogen-bond acceptors (Lipinski definition) is 1. The molecular formula is C15H33N. The van der Waals surface area contributed by atoms with E-state index < -0.39 is 0 Å². The van der Waals surface area contributed by atoms with Gasteiger partial charge in [0.15, 0.2) is 0 Å². The fraction of sp³-hybridized carbons (Fsp3) is 1.00. The van der Waals surface area contributed by atoms with Gasteiger partial charge in [-0.1, -0.05) is 59.8 Å². The Kier molecular flexibility index (Phi) is 11.4. The maximum absolute atomic E-state index is 3.70. The lowest BCUT2D eigenvalue weighted by Gasteiger charge is -2.18. The monoisotopic (exact) mass is 227 g/mol. The van der Waals surface area contributed by atoms with Gasteiger partial charge in [-0.3, -0.25) is 0 Å². The van der Waals surface area contributed by atoms with Gasteiger partial charge in [0.2, 0.25) is 0 Å². The van der Waals surface area contributed by atoms with Crippen molar-refractivity contribution in [1.29, 1.82) is 0 Å². The first kappa shape index (κ1) is 16.0. The zero-order chi connectivity index (χ0) is 12.2. The lowest BCUT2D eigenvalue weighted by atomic mass is 9.99. The molecule has 0 aliphatic carbocycles. The third-order valence-corrected chi connectivity index (χ3v) is 3.17. The van der Waals surface area contributed by atoms with E-state index in [-0.39, 0.29) is 0 Å². The Morgan fingerprint density at radius 1 is 0.812 bits per heavy atom. The van der Waals surface area contributed by atoms with Crippen LogP contribution < -0.4 is 5.32 Å². The predicted molar refractivity (Wildman–Crippen MR) is 74.9 cm³/mol. The molecule has 0 bridgehead atoms. The van der Waals surface area contributed by atoms with Gasteiger partial charge in [0.1, 0.15) is 0 Å². The first-order valence-electron chi connectivity index (χ1n) is 7.44. The summed E-state index contributed by atoms with van der Waals surface area (Å²) in [5.74, 6) is 0.863. The van der Waals surface area contributed by atoms with Crippen molar-refractivity contribution in [3.63, 3.8) is 0 Å². The largest absolute Gasteiger partial charge is 0.314 e. The Bertz CT molecular complexity index is 131. The lowest BCUT2D eigenvalue weighted by Crippen LogP contribution is -2.29. The van der Waals surface area contributed by atoms with Crippen molar-refractivity contribution in [3.05, 3.63) is 0 Å². The van der Waals surface area contributed by atoms with Gasteiger partial charge in [-0.15, -0.1) is 0 Å². The molecule has 16 heavy (non-hydrogen) atoms. The van der Waals surface area contributed by atoms with E-state index in [0.717, 1.165) is 12.0 Å². The molecule has 0 aliphatic rings. The van der Waals surface area contributed by atoms with E-state index in [9.17, 15) is 0 Å². The Morgan fingerprint density at radius 2 is 1.50 bits per heavy atom. The van der Waals surface area contributed by atoms with Crippen LogP contribution >= 0.6 is 0 Å². The summed E-state index contributed by atoms with van der Waals surface area (Å²) in [6.07, 6.45) is 10.9. The van der Waals surface area contributed by atoms with Crippen LogP contribution in [0.1, 0.15) is 79.1 Å². The Balaban J connectivity index is 3.62. The first-order valence-corrected chi connectivity index (χ1v) is 7.44. The summed E-state index contributed by atoms with van der Waals surface area (Å²) in [4.78, 5) is 0. The van der Waals surface area contributed by atoms with E-state index in [0.29, 0.717) is 0 Å². The third-order valence-electron chi connectivity index (χ3n) is 3.17. The van der Waals surface area contributed by atoms with Crippen molar-refractivity contribution in [1.82, 2.24) is 5.32 Å². The fourth-order valence-corrected chi connectivity index (χ4v) is 2.11. The minimum atomic E-state index is 0.783. The van der Waals surface area contributed by atoms with Crippen LogP contribution in [0, 0.1) is 5.92 Å². The van der Waals surface area contributed by atoms with Crippen LogP contribution in [0.4, 0.5) is 0 Å². The minimum absolute atomic E-state index is 0.783. The molecule has 1 atom stereocenters. The molecule has 0 saturated heterocycles. The standard InChI is InChI=1S/C15H33N/c1-5-7-8-11-15(16-13-6-2)12-9-10-14(3)4/h14-16H,5-13H2,1-4H3. The fourth-order valence-electron chi connectivity index (χ4n) is 2.11. The molecule has 0 spiro atoms. The Labute approximate surface area is 103 Å². The van der Waals surface area contributed by atoms with Gasteiger partial charge in [0, 0.05) is 6.04 Å². The van der Waals surface area contributed by atoms with Crippen molar-refractivity contribution >= 4 is 0 Å². The molecule has 0 fully saturated rings. The van der Waals surface area contributed by atoms with Crippen LogP contribution in [0.3, 0.4) is 0 Å². The molecule has 0 radical (unpaired) electrons. The number of nitrogens with one attached hydrogen (secondary N) is 1. The van der Waals surface area contributed by atoms with Crippen LogP contribution in [0.2, 0.25) is 0 Å². The molecule has 0 aliphatic heterocycles. The van der Waals surface area contributed by atoms with E-state index in [1.54, 1.807) is 0 Å². The van der Waals surface area contributed by atoms with Gasteiger partial charge < -0.3 is 5.32 Å². The van der Waals surface area contributed by atoms with E-state index >= 15 is 0 Å². The quantitative estimate of drug-likeness (QED) is 0.502. The highest BCUT2D eigenvalue weighted by Gasteiger charge is 2.07. The second kappa shape index (κ2) is 11.4. The van der Waals surface area contributed by atoms with E-state index in [2.05, 4.69) is 33.0 Å². The summed E-state index contributed by atoms with van der Waals surface area (Å²) >= 11 is 0. The van der Waals surface area contributed by atoms with Gasteiger partial charge in [0.05, 0.1) is 0 Å². The maximum Gasteiger partial charge on any atom is 0.00670 e. The highest BCUT2D eigenvalue weighted by molar-refractivity contribution is 4.67. The van der Waals surface area contributed by atoms with Crippen molar-refractivity contribution in [2.75, 3.05) is 6.54 Å². The second-order valence-corrected chi connectivity index (χ2v) is 5.47. The minimum Gasteiger partial charge on any atom is -0.314 e. The van der Waals surface area contributed by atoms with Crippen molar-refractivity contribution in [3.8, 4) is 0 Å².